The summed E-state index contributed by atoms with van der Waals surface area (Å²) in [6, 6.07) is 0. The standard InChI is InChI=1S/C11H22O3/c1-10(2)7-9-14-8-5-3-4-6-11(12)13/h10H,3-9H2,1-2H3,(H,12,13). The maximum Gasteiger partial charge on any atom is 0.303 e. The van der Waals surface area contributed by atoms with Crippen molar-refractivity contribution in [3.63, 3.8) is 0 Å². The van der Waals surface area contributed by atoms with Crippen molar-refractivity contribution in [3.05, 3.63) is 0 Å². The van der Waals surface area contributed by atoms with E-state index in [-0.39, 0.29) is 6.42 Å². The zero-order valence-electron chi connectivity index (χ0n) is 9.29. The molecule has 0 rings (SSSR count). The van der Waals surface area contributed by atoms with Gasteiger partial charge in [-0.2, -0.15) is 0 Å². The van der Waals surface area contributed by atoms with Crippen LogP contribution in [0.1, 0.15) is 46.0 Å². The van der Waals surface area contributed by atoms with Gasteiger partial charge in [0.05, 0.1) is 0 Å². The molecule has 0 aliphatic rings. The minimum Gasteiger partial charge on any atom is -0.481 e. The molecule has 0 spiro atoms. The summed E-state index contributed by atoms with van der Waals surface area (Å²) in [5.74, 6) is -0.00673. The fourth-order valence-corrected chi connectivity index (χ4v) is 1.08. The SMILES string of the molecule is CC(C)CCOCCCCCC(=O)O. The molecule has 0 saturated heterocycles. The van der Waals surface area contributed by atoms with Crippen LogP contribution in [-0.2, 0) is 9.53 Å². The summed E-state index contributed by atoms with van der Waals surface area (Å²) in [4.78, 5) is 10.2. The molecule has 0 saturated carbocycles. The molecule has 0 heterocycles. The molecule has 0 atom stereocenters. The molecule has 0 fully saturated rings. The van der Waals surface area contributed by atoms with Crippen LogP contribution in [0, 0.1) is 5.92 Å². The van der Waals surface area contributed by atoms with Crippen LogP contribution < -0.4 is 0 Å². The Morgan fingerprint density at radius 2 is 1.93 bits per heavy atom. The van der Waals surface area contributed by atoms with Crippen molar-refractivity contribution in [1.82, 2.24) is 0 Å². The Bertz CT molecular complexity index is 143. The fraction of sp³-hybridized carbons (Fsp3) is 0.909. The fourth-order valence-electron chi connectivity index (χ4n) is 1.08. The topological polar surface area (TPSA) is 46.5 Å². The average molecular weight is 202 g/mol. The van der Waals surface area contributed by atoms with Crippen LogP contribution in [0.5, 0.6) is 0 Å². The van der Waals surface area contributed by atoms with E-state index >= 15 is 0 Å². The first-order chi connectivity index (χ1) is 6.63. The van der Waals surface area contributed by atoms with Gasteiger partial charge in [-0.3, -0.25) is 4.79 Å². The molecule has 0 radical (unpaired) electrons. The second-order valence-electron chi connectivity index (χ2n) is 4.00. The molecule has 0 aliphatic carbocycles. The number of unbranched alkanes of at least 4 members (excludes halogenated alkanes) is 2. The lowest BCUT2D eigenvalue weighted by atomic mass is 10.1. The number of aliphatic carboxylic acids is 1. The van der Waals surface area contributed by atoms with Crippen molar-refractivity contribution in [3.8, 4) is 0 Å². The Hall–Kier alpha value is -0.570. The maximum atomic E-state index is 10.2. The Labute approximate surface area is 86.5 Å². The van der Waals surface area contributed by atoms with Gasteiger partial charge in [-0.1, -0.05) is 20.3 Å². The Morgan fingerprint density at radius 1 is 1.21 bits per heavy atom. The van der Waals surface area contributed by atoms with Gasteiger partial charge >= 0.3 is 5.97 Å². The summed E-state index contributed by atoms with van der Waals surface area (Å²) >= 11 is 0. The third-order valence-electron chi connectivity index (χ3n) is 2.02. The zero-order chi connectivity index (χ0) is 10.8. The van der Waals surface area contributed by atoms with Crippen LogP contribution in [0.2, 0.25) is 0 Å². The third kappa shape index (κ3) is 11.4. The van der Waals surface area contributed by atoms with E-state index in [1.165, 1.54) is 0 Å². The van der Waals surface area contributed by atoms with E-state index in [2.05, 4.69) is 13.8 Å². The molecule has 3 heteroatoms. The normalized spacial score (nSPS) is 10.8. The van der Waals surface area contributed by atoms with Crippen LogP contribution in [-0.4, -0.2) is 24.3 Å². The molecule has 84 valence electrons. The molecular formula is C11H22O3. The van der Waals surface area contributed by atoms with Gasteiger partial charge in [0.2, 0.25) is 0 Å². The molecule has 0 bridgehead atoms. The quantitative estimate of drug-likeness (QED) is 0.585. The highest BCUT2D eigenvalue weighted by molar-refractivity contribution is 5.66. The first-order valence-electron chi connectivity index (χ1n) is 5.42. The van der Waals surface area contributed by atoms with Gasteiger partial charge in [0.1, 0.15) is 0 Å². The molecule has 0 aliphatic heterocycles. The highest BCUT2D eigenvalue weighted by Crippen LogP contribution is 2.02. The number of hydrogen-bond donors (Lipinski definition) is 1. The van der Waals surface area contributed by atoms with Gasteiger partial charge in [-0.15, -0.1) is 0 Å². The van der Waals surface area contributed by atoms with Crippen LogP contribution in [0.25, 0.3) is 0 Å². The van der Waals surface area contributed by atoms with E-state index in [4.69, 9.17) is 9.84 Å². The molecule has 1 N–H and O–H groups in total. The van der Waals surface area contributed by atoms with Gasteiger partial charge in [-0.25, -0.2) is 0 Å². The second-order valence-corrected chi connectivity index (χ2v) is 4.00. The van der Waals surface area contributed by atoms with Crippen molar-refractivity contribution in [1.29, 1.82) is 0 Å². The lowest BCUT2D eigenvalue weighted by Crippen LogP contribution is -2.01. The summed E-state index contributed by atoms with van der Waals surface area (Å²) in [6.07, 6.45) is 4.09. The zero-order valence-corrected chi connectivity index (χ0v) is 9.29. The minimum atomic E-state index is -0.703. The van der Waals surface area contributed by atoms with Gasteiger partial charge < -0.3 is 9.84 Å². The largest absolute Gasteiger partial charge is 0.481 e. The monoisotopic (exact) mass is 202 g/mol. The molecule has 0 aromatic heterocycles. The number of rotatable bonds is 9. The number of carboxylic acid groups (broad SMARTS) is 1. The van der Waals surface area contributed by atoms with E-state index in [9.17, 15) is 4.79 Å². The third-order valence-corrected chi connectivity index (χ3v) is 2.02. The predicted octanol–water partition coefficient (Wildman–Crippen LogP) is 2.69. The smallest absolute Gasteiger partial charge is 0.303 e. The van der Waals surface area contributed by atoms with E-state index in [0.29, 0.717) is 5.92 Å². The Morgan fingerprint density at radius 3 is 2.50 bits per heavy atom. The van der Waals surface area contributed by atoms with E-state index in [1.807, 2.05) is 0 Å². The van der Waals surface area contributed by atoms with Gasteiger partial charge in [0, 0.05) is 19.6 Å². The van der Waals surface area contributed by atoms with E-state index in [0.717, 1.165) is 38.9 Å². The number of carbonyl (C=O) groups is 1. The van der Waals surface area contributed by atoms with Crippen LogP contribution >= 0.6 is 0 Å². The van der Waals surface area contributed by atoms with Gasteiger partial charge in [0.15, 0.2) is 0 Å². The summed E-state index contributed by atoms with van der Waals surface area (Å²) in [6.45, 7) is 5.95. The first-order valence-corrected chi connectivity index (χ1v) is 5.42. The molecule has 0 aromatic carbocycles. The number of ether oxygens (including phenoxy) is 1. The van der Waals surface area contributed by atoms with E-state index < -0.39 is 5.97 Å². The summed E-state index contributed by atoms with van der Waals surface area (Å²) in [5.41, 5.74) is 0. The van der Waals surface area contributed by atoms with E-state index in [1.54, 1.807) is 0 Å². The maximum absolute atomic E-state index is 10.2. The lowest BCUT2D eigenvalue weighted by Gasteiger charge is -2.05. The molecule has 3 nitrogen and oxygen atoms in total. The number of carboxylic acids is 1. The first kappa shape index (κ1) is 13.4. The van der Waals surface area contributed by atoms with Crippen LogP contribution in [0.3, 0.4) is 0 Å². The average Bonchev–Trinajstić information content (AvgIpc) is 2.08. The molecule has 14 heavy (non-hydrogen) atoms. The summed E-state index contributed by atoms with van der Waals surface area (Å²) in [7, 11) is 0. The Balaban J connectivity index is 2.96. The number of hydrogen-bond acceptors (Lipinski definition) is 2. The van der Waals surface area contributed by atoms with Crippen molar-refractivity contribution in [2.24, 2.45) is 5.92 Å². The van der Waals surface area contributed by atoms with Gasteiger partial charge in [-0.05, 0) is 25.2 Å². The molecular weight excluding hydrogens is 180 g/mol. The molecule has 0 aromatic rings. The predicted molar refractivity (Wildman–Crippen MR) is 56.4 cm³/mol. The lowest BCUT2D eigenvalue weighted by molar-refractivity contribution is -0.137. The minimum absolute atomic E-state index is 0.284. The van der Waals surface area contributed by atoms with Gasteiger partial charge in [0.25, 0.3) is 0 Å². The summed E-state index contributed by atoms with van der Waals surface area (Å²) in [5, 5.41) is 8.38. The highest BCUT2D eigenvalue weighted by Gasteiger charge is 1.97. The van der Waals surface area contributed by atoms with Crippen molar-refractivity contribution in [2.45, 2.75) is 46.0 Å². The molecule has 0 unspecified atom stereocenters. The van der Waals surface area contributed by atoms with Crippen molar-refractivity contribution < 1.29 is 14.6 Å². The van der Waals surface area contributed by atoms with Crippen LogP contribution in [0.15, 0.2) is 0 Å². The highest BCUT2D eigenvalue weighted by atomic mass is 16.5. The van der Waals surface area contributed by atoms with Crippen molar-refractivity contribution >= 4 is 5.97 Å². The second kappa shape index (κ2) is 9.00. The molecule has 0 amide bonds. The summed E-state index contributed by atoms with van der Waals surface area (Å²) < 4.78 is 5.40. The Kier molecular flexibility index (Phi) is 8.64. The van der Waals surface area contributed by atoms with Crippen LogP contribution in [0.4, 0.5) is 0 Å². The van der Waals surface area contributed by atoms with Crippen molar-refractivity contribution in [2.75, 3.05) is 13.2 Å².